The average molecular weight is 425 g/mol. The number of hydrogen-bond acceptors (Lipinski definition) is 4. The molecule has 0 amide bonds. The van der Waals surface area contributed by atoms with Crippen LogP contribution in [0.1, 0.15) is 18.1 Å². The normalized spacial score (nSPS) is 11.8. The van der Waals surface area contributed by atoms with Crippen LogP contribution in [0.15, 0.2) is 47.5 Å². The van der Waals surface area contributed by atoms with Crippen LogP contribution in [0.5, 0.6) is 17.2 Å². The molecule has 9 heteroatoms. The number of ether oxygens (including phenoxy) is 2. The number of hydrogen-bond donors (Lipinski definition) is 3. The van der Waals surface area contributed by atoms with E-state index in [9.17, 15) is 18.3 Å². The third kappa shape index (κ3) is 7.73. The van der Waals surface area contributed by atoms with Crippen molar-refractivity contribution in [3.8, 4) is 17.2 Å². The summed E-state index contributed by atoms with van der Waals surface area (Å²) in [6, 6.07) is 11.7. The van der Waals surface area contributed by atoms with Crippen LogP contribution in [0.2, 0.25) is 0 Å². The molecule has 6 nitrogen and oxygen atoms in total. The number of aliphatic imine (C=N–C) groups is 1. The molecule has 0 aliphatic heterocycles. The summed E-state index contributed by atoms with van der Waals surface area (Å²) in [5.74, 6) is 1.30. The van der Waals surface area contributed by atoms with Crippen molar-refractivity contribution in [1.82, 2.24) is 10.6 Å². The highest BCUT2D eigenvalue weighted by Crippen LogP contribution is 2.29. The van der Waals surface area contributed by atoms with Gasteiger partial charge < -0.3 is 25.2 Å². The lowest BCUT2D eigenvalue weighted by Crippen LogP contribution is -2.38. The number of phenols is 1. The van der Waals surface area contributed by atoms with Gasteiger partial charge in [-0.25, -0.2) is 4.99 Å². The highest BCUT2D eigenvalue weighted by atomic mass is 19.4. The molecule has 164 valence electrons. The number of phenolic OH excluding ortho intramolecular Hbond substituents is 1. The summed E-state index contributed by atoms with van der Waals surface area (Å²) in [7, 11) is 1.50. The number of para-hydroxylation sites is 1. The summed E-state index contributed by atoms with van der Waals surface area (Å²) < 4.78 is 46.4. The SMILES string of the molecule is CCNC(=NCc1ccc(OCC(F)(F)F)cc1)NCCc1cccc(OC)c1O. The van der Waals surface area contributed by atoms with E-state index in [1.165, 1.54) is 19.2 Å². The van der Waals surface area contributed by atoms with Crippen LogP contribution < -0.4 is 20.1 Å². The van der Waals surface area contributed by atoms with E-state index in [2.05, 4.69) is 15.6 Å². The van der Waals surface area contributed by atoms with Crippen molar-refractivity contribution in [2.45, 2.75) is 26.1 Å². The Labute approximate surface area is 173 Å². The monoisotopic (exact) mass is 425 g/mol. The van der Waals surface area contributed by atoms with Crippen LogP contribution >= 0.6 is 0 Å². The fourth-order valence-electron chi connectivity index (χ4n) is 2.62. The third-order valence-corrected chi connectivity index (χ3v) is 4.08. The first-order valence-corrected chi connectivity index (χ1v) is 9.48. The molecule has 0 aliphatic carbocycles. The van der Waals surface area contributed by atoms with Crippen molar-refractivity contribution in [2.75, 3.05) is 26.8 Å². The number of alkyl halides is 3. The van der Waals surface area contributed by atoms with E-state index in [0.717, 1.165) is 11.1 Å². The van der Waals surface area contributed by atoms with Crippen molar-refractivity contribution in [3.63, 3.8) is 0 Å². The van der Waals surface area contributed by atoms with E-state index >= 15 is 0 Å². The van der Waals surface area contributed by atoms with Gasteiger partial charge in [-0.15, -0.1) is 0 Å². The van der Waals surface area contributed by atoms with Crippen LogP contribution in [-0.4, -0.2) is 44.0 Å². The first kappa shape index (κ1) is 23.2. The number of aromatic hydroxyl groups is 1. The number of halogens is 3. The average Bonchev–Trinajstić information content (AvgIpc) is 2.72. The van der Waals surface area contributed by atoms with Gasteiger partial charge in [-0.05, 0) is 42.7 Å². The number of guanidine groups is 1. The van der Waals surface area contributed by atoms with Gasteiger partial charge in [-0.3, -0.25) is 0 Å². The molecule has 0 saturated carbocycles. The van der Waals surface area contributed by atoms with Crippen LogP contribution in [-0.2, 0) is 13.0 Å². The van der Waals surface area contributed by atoms with Crippen LogP contribution in [0.25, 0.3) is 0 Å². The predicted octanol–water partition coefficient (Wildman–Crippen LogP) is 3.64. The summed E-state index contributed by atoms with van der Waals surface area (Å²) in [6.45, 7) is 2.18. The van der Waals surface area contributed by atoms with Crippen molar-refractivity contribution in [1.29, 1.82) is 0 Å². The van der Waals surface area contributed by atoms with E-state index < -0.39 is 12.8 Å². The molecule has 2 rings (SSSR count). The number of nitrogens with zero attached hydrogens (tertiary/aromatic N) is 1. The maximum Gasteiger partial charge on any atom is 0.422 e. The second-order valence-electron chi connectivity index (χ2n) is 6.39. The molecule has 3 N–H and O–H groups in total. The zero-order chi connectivity index (χ0) is 22.0. The smallest absolute Gasteiger partial charge is 0.422 e. The van der Waals surface area contributed by atoms with Crippen LogP contribution in [0, 0.1) is 0 Å². The molecule has 0 saturated heterocycles. The Morgan fingerprint density at radius 2 is 1.83 bits per heavy atom. The molecule has 2 aromatic rings. The van der Waals surface area contributed by atoms with Gasteiger partial charge in [0.05, 0.1) is 13.7 Å². The standard InChI is InChI=1S/C21H26F3N3O3/c1-3-25-20(26-12-11-16-5-4-6-18(29-2)19(16)28)27-13-15-7-9-17(10-8-15)30-14-21(22,23)24/h4-10,28H,3,11-14H2,1-2H3,(H2,25,26,27). The lowest BCUT2D eigenvalue weighted by atomic mass is 10.1. The molecule has 0 heterocycles. The molecule has 0 fully saturated rings. The Balaban J connectivity index is 1.89. The molecule has 0 spiro atoms. The van der Waals surface area contributed by atoms with E-state index in [0.29, 0.717) is 37.8 Å². The van der Waals surface area contributed by atoms with Crippen LogP contribution in [0.3, 0.4) is 0 Å². The minimum Gasteiger partial charge on any atom is -0.504 e. The molecule has 0 atom stereocenters. The van der Waals surface area contributed by atoms with Crippen molar-refractivity contribution in [3.05, 3.63) is 53.6 Å². The Bertz CT molecular complexity index is 824. The number of nitrogens with one attached hydrogen (secondary N) is 2. The Kier molecular flexibility index (Phi) is 8.64. The number of rotatable bonds is 9. The van der Waals surface area contributed by atoms with Gasteiger partial charge in [0, 0.05) is 13.1 Å². The van der Waals surface area contributed by atoms with Gasteiger partial charge in [0.15, 0.2) is 24.1 Å². The maximum absolute atomic E-state index is 12.2. The molecule has 0 radical (unpaired) electrons. The minimum absolute atomic E-state index is 0.122. The fourth-order valence-corrected chi connectivity index (χ4v) is 2.62. The van der Waals surface area contributed by atoms with E-state index in [1.807, 2.05) is 19.1 Å². The molecule has 2 aromatic carbocycles. The molecule has 0 bridgehead atoms. The second-order valence-corrected chi connectivity index (χ2v) is 6.39. The van der Waals surface area contributed by atoms with Gasteiger partial charge in [-0.1, -0.05) is 24.3 Å². The summed E-state index contributed by atoms with van der Waals surface area (Å²) in [5, 5.41) is 16.5. The fraction of sp³-hybridized carbons (Fsp3) is 0.381. The third-order valence-electron chi connectivity index (χ3n) is 4.08. The molecule has 0 unspecified atom stereocenters. The zero-order valence-electron chi connectivity index (χ0n) is 16.9. The highest BCUT2D eigenvalue weighted by molar-refractivity contribution is 5.79. The van der Waals surface area contributed by atoms with Gasteiger partial charge in [0.2, 0.25) is 0 Å². The predicted molar refractivity (Wildman–Crippen MR) is 109 cm³/mol. The van der Waals surface area contributed by atoms with E-state index in [1.54, 1.807) is 18.2 Å². The first-order valence-electron chi connectivity index (χ1n) is 9.48. The Hall–Kier alpha value is -3.10. The summed E-state index contributed by atoms with van der Waals surface area (Å²) in [6.07, 6.45) is -3.80. The lowest BCUT2D eigenvalue weighted by molar-refractivity contribution is -0.153. The second kappa shape index (κ2) is 11.2. The minimum atomic E-state index is -4.36. The zero-order valence-corrected chi connectivity index (χ0v) is 16.9. The summed E-state index contributed by atoms with van der Waals surface area (Å²) >= 11 is 0. The van der Waals surface area contributed by atoms with Crippen molar-refractivity contribution in [2.24, 2.45) is 4.99 Å². The number of benzene rings is 2. The van der Waals surface area contributed by atoms with Crippen molar-refractivity contribution >= 4 is 5.96 Å². The summed E-state index contributed by atoms with van der Waals surface area (Å²) in [4.78, 5) is 4.47. The first-order chi connectivity index (χ1) is 14.3. The quantitative estimate of drug-likeness (QED) is 0.423. The molecule has 0 aromatic heterocycles. The lowest BCUT2D eigenvalue weighted by Gasteiger charge is -2.13. The van der Waals surface area contributed by atoms with Gasteiger partial charge >= 0.3 is 6.18 Å². The highest BCUT2D eigenvalue weighted by Gasteiger charge is 2.28. The maximum atomic E-state index is 12.2. The molecule has 30 heavy (non-hydrogen) atoms. The van der Waals surface area contributed by atoms with E-state index in [-0.39, 0.29) is 11.5 Å². The topological polar surface area (TPSA) is 75.1 Å². The number of methoxy groups -OCH3 is 1. The molecular weight excluding hydrogens is 399 g/mol. The van der Waals surface area contributed by atoms with Crippen molar-refractivity contribution < 1.29 is 27.8 Å². The van der Waals surface area contributed by atoms with Gasteiger partial charge in [0.25, 0.3) is 0 Å². The molecule has 0 aliphatic rings. The van der Waals surface area contributed by atoms with E-state index in [4.69, 9.17) is 9.47 Å². The Morgan fingerprint density at radius 3 is 2.47 bits per heavy atom. The summed E-state index contributed by atoms with van der Waals surface area (Å²) in [5.41, 5.74) is 1.59. The van der Waals surface area contributed by atoms with Gasteiger partial charge in [-0.2, -0.15) is 13.2 Å². The van der Waals surface area contributed by atoms with Gasteiger partial charge in [0.1, 0.15) is 5.75 Å². The largest absolute Gasteiger partial charge is 0.504 e. The Morgan fingerprint density at radius 1 is 1.10 bits per heavy atom. The van der Waals surface area contributed by atoms with Crippen LogP contribution in [0.4, 0.5) is 13.2 Å². The molecular formula is C21H26F3N3O3.